The van der Waals surface area contributed by atoms with Crippen molar-refractivity contribution in [2.24, 2.45) is 11.7 Å². The fraction of sp³-hybridized carbons (Fsp3) is 0.412. The van der Waals surface area contributed by atoms with E-state index in [2.05, 4.69) is 0 Å². The van der Waals surface area contributed by atoms with Crippen LogP contribution >= 0.6 is 0 Å². The van der Waals surface area contributed by atoms with E-state index in [1.54, 1.807) is 26.8 Å². The minimum absolute atomic E-state index is 0.269. The van der Waals surface area contributed by atoms with Crippen LogP contribution in [0.2, 0.25) is 0 Å². The van der Waals surface area contributed by atoms with Gasteiger partial charge in [0.15, 0.2) is 5.92 Å². The number of hydrogen-bond acceptors (Lipinski definition) is 4. The van der Waals surface area contributed by atoms with Gasteiger partial charge in [-0.05, 0) is 32.8 Å². The molecule has 5 heteroatoms. The van der Waals surface area contributed by atoms with Crippen molar-refractivity contribution in [1.29, 1.82) is 0 Å². The van der Waals surface area contributed by atoms with Gasteiger partial charge in [0.25, 0.3) is 0 Å². The Kier molecular flexibility index (Phi) is 6.31. The highest BCUT2D eigenvalue weighted by atomic mass is 16.6. The number of benzene rings is 1. The molecule has 5 nitrogen and oxygen atoms in total. The van der Waals surface area contributed by atoms with Gasteiger partial charge in [0.1, 0.15) is 5.60 Å². The Morgan fingerprint density at radius 2 is 1.86 bits per heavy atom. The number of nitrogens with two attached hydrogens (primary N) is 1. The molecule has 0 fully saturated rings. The molecule has 3 N–H and O–H groups in total. The molecule has 22 heavy (non-hydrogen) atoms. The molecule has 1 rings (SSSR count). The minimum Gasteiger partial charge on any atom is -0.481 e. The second-order valence-electron chi connectivity index (χ2n) is 6.06. The first kappa shape index (κ1) is 17.9. The number of carboxylic acids is 1. The van der Waals surface area contributed by atoms with Crippen LogP contribution in [0.4, 0.5) is 0 Å². The fourth-order valence-corrected chi connectivity index (χ4v) is 1.89. The summed E-state index contributed by atoms with van der Waals surface area (Å²) in [6, 6.07) is 8.72. The molecule has 0 aliphatic carbocycles. The van der Waals surface area contributed by atoms with E-state index < -0.39 is 29.5 Å². The lowest BCUT2D eigenvalue weighted by Crippen LogP contribution is -2.43. The van der Waals surface area contributed by atoms with E-state index >= 15 is 0 Å². The first-order valence-corrected chi connectivity index (χ1v) is 7.13. The zero-order valence-corrected chi connectivity index (χ0v) is 13.2. The standard InChI is InChI=1S/C17H23NO4/c1-17(2,3)22-16(21)14(15(19)20)13(18)11-7-10-12-8-5-4-6-9-12/h4-10,13-14H,11,18H2,1-3H3,(H,19,20)/b10-7+/t13?,14-/m1/s1. The average Bonchev–Trinajstić information content (AvgIpc) is 2.37. The summed E-state index contributed by atoms with van der Waals surface area (Å²) in [5.74, 6) is -3.45. The highest BCUT2D eigenvalue weighted by Crippen LogP contribution is 2.16. The van der Waals surface area contributed by atoms with E-state index in [-0.39, 0.29) is 6.42 Å². The van der Waals surface area contributed by atoms with Crippen LogP contribution in [-0.4, -0.2) is 28.7 Å². The maximum atomic E-state index is 12.0. The topological polar surface area (TPSA) is 89.6 Å². The molecule has 0 aliphatic rings. The smallest absolute Gasteiger partial charge is 0.322 e. The summed E-state index contributed by atoms with van der Waals surface area (Å²) in [7, 11) is 0. The zero-order valence-electron chi connectivity index (χ0n) is 13.2. The molecule has 1 unspecified atom stereocenters. The molecule has 0 radical (unpaired) electrons. The third-order valence-electron chi connectivity index (χ3n) is 2.87. The summed E-state index contributed by atoms with van der Waals surface area (Å²) in [5, 5.41) is 9.22. The molecule has 0 bridgehead atoms. The van der Waals surface area contributed by atoms with Crippen LogP contribution in [0.3, 0.4) is 0 Å². The Hall–Kier alpha value is -2.14. The lowest BCUT2D eigenvalue weighted by molar-refractivity contribution is -0.167. The van der Waals surface area contributed by atoms with Gasteiger partial charge in [0.2, 0.25) is 0 Å². The molecule has 2 atom stereocenters. The predicted octanol–water partition coefficient (Wildman–Crippen LogP) is 2.46. The van der Waals surface area contributed by atoms with Crippen LogP contribution in [0.5, 0.6) is 0 Å². The van der Waals surface area contributed by atoms with Crippen LogP contribution < -0.4 is 5.73 Å². The second-order valence-corrected chi connectivity index (χ2v) is 6.06. The van der Waals surface area contributed by atoms with Crippen molar-refractivity contribution in [3.63, 3.8) is 0 Å². The number of esters is 1. The van der Waals surface area contributed by atoms with Crippen LogP contribution in [0.25, 0.3) is 6.08 Å². The molecule has 0 saturated heterocycles. The molecule has 0 heterocycles. The maximum absolute atomic E-state index is 12.0. The molecule has 1 aromatic carbocycles. The molecule has 120 valence electrons. The van der Waals surface area contributed by atoms with Gasteiger partial charge in [-0.1, -0.05) is 42.5 Å². The van der Waals surface area contributed by atoms with Crippen LogP contribution in [0.15, 0.2) is 36.4 Å². The van der Waals surface area contributed by atoms with Gasteiger partial charge in [0.05, 0.1) is 0 Å². The average molecular weight is 305 g/mol. The van der Waals surface area contributed by atoms with Gasteiger partial charge >= 0.3 is 11.9 Å². The second kappa shape index (κ2) is 7.75. The van der Waals surface area contributed by atoms with Gasteiger partial charge in [-0.3, -0.25) is 9.59 Å². The van der Waals surface area contributed by atoms with Crippen molar-refractivity contribution in [2.45, 2.75) is 38.8 Å². The summed E-state index contributed by atoms with van der Waals surface area (Å²) in [6.45, 7) is 5.06. The van der Waals surface area contributed by atoms with Crippen molar-refractivity contribution in [2.75, 3.05) is 0 Å². The molecular formula is C17H23NO4. The van der Waals surface area contributed by atoms with Crippen LogP contribution in [-0.2, 0) is 14.3 Å². The molecular weight excluding hydrogens is 282 g/mol. The predicted molar refractivity (Wildman–Crippen MR) is 85.0 cm³/mol. The van der Waals surface area contributed by atoms with E-state index in [0.717, 1.165) is 5.56 Å². The fourth-order valence-electron chi connectivity index (χ4n) is 1.89. The van der Waals surface area contributed by atoms with Crippen molar-refractivity contribution in [1.82, 2.24) is 0 Å². The Morgan fingerprint density at radius 3 is 2.36 bits per heavy atom. The Labute approximate surface area is 130 Å². The first-order valence-electron chi connectivity index (χ1n) is 7.13. The summed E-state index contributed by atoms with van der Waals surface area (Å²) in [6.07, 6.45) is 3.87. The molecule has 0 amide bonds. The lowest BCUT2D eigenvalue weighted by Gasteiger charge is -2.24. The number of hydrogen-bond donors (Lipinski definition) is 2. The largest absolute Gasteiger partial charge is 0.481 e. The Bertz CT molecular complexity index is 531. The number of carbonyl (C=O) groups is 2. The quantitative estimate of drug-likeness (QED) is 0.622. The van der Waals surface area contributed by atoms with Gasteiger partial charge in [0, 0.05) is 6.04 Å². The summed E-state index contributed by atoms with van der Waals surface area (Å²) >= 11 is 0. The summed E-state index contributed by atoms with van der Waals surface area (Å²) in [5.41, 5.74) is 6.11. The maximum Gasteiger partial charge on any atom is 0.322 e. The number of aliphatic carboxylic acids is 1. The Balaban J connectivity index is 2.69. The molecule has 0 aromatic heterocycles. The number of rotatable bonds is 6. The van der Waals surface area contributed by atoms with Crippen molar-refractivity contribution in [3.8, 4) is 0 Å². The first-order chi connectivity index (χ1) is 10.2. The lowest BCUT2D eigenvalue weighted by atomic mass is 9.97. The SMILES string of the molecule is CC(C)(C)OC(=O)[C@@H](C(=O)O)C(N)C/C=C/c1ccccc1. The van der Waals surface area contributed by atoms with Crippen molar-refractivity contribution < 1.29 is 19.4 Å². The van der Waals surface area contributed by atoms with Gasteiger partial charge in [-0.2, -0.15) is 0 Å². The van der Waals surface area contributed by atoms with Crippen molar-refractivity contribution in [3.05, 3.63) is 42.0 Å². The zero-order chi connectivity index (χ0) is 16.8. The molecule has 0 aliphatic heterocycles. The van der Waals surface area contributed by atoms with Gasteiger partial charge in [-0.15, -0.1) is 0 Å². The normalized spacial score (nSPS) is 14.5. The van der Waals surface area contributed by atoms with Crippen LogP contribution in [0, 0.1) is 5.92 Å². The van der Waals surface area contributed by atoms with E-state index in [4.69, 9.17) is 10.5 Å². The van der Waals surface area contributed by atoms with E-state index in [9.17, 15) is 14.7 Å². The third-order valence-corrected chi connectivity index (χ3v) is 2.87. The highest BCUT2D eigenvalue weighted by molar-refractivity contribution is 5.95. The van der Waals surface area contributed by atoms with E-state index in [1.165, 1.54) is 0 Å². The van der Waals surface area contributed by atoms with Crippen LogP contribution in [0.1, 0.15) is 32.8 Å². The van der Waals surface area contributed by atoms with Gasteiger partial charge in [-0.25, -0.2) is 0 Å². The summed E-state index contributed by atoms with van der Waals surface area (Å²) < 4.78 is 5.12. The highest BCUT2D eigenvalue weighted by Gasteiger charge is 2.35. The Morgan fingerprint density at radius 1 is 1.27 bits per heavy atom. The molecule has 1 aromatic rings. The van der Waals surface area contributed by atoms with Crippen molar-refractivity contribution >= 4 is 18.0 Å². The van der Waals surface area contributed by atoms with Gasteiger partial charge < -0.3 is 15.6 Å². The van der Waals surface area contributed by atoms with E-state index in [0.29, 0.717) is 0 Å². The number of carboxylic acid groups (broad SMARTS) is 1. The third kappa shape index (κ3) is 6.10. The molecule has 0 saturated carbocycles. The van der Waals surface area contributed by atoms with E-state index in [1.807, 2.05) is 36.4 Å². The monoisotopic (exact) mass is 305 g/mol. The molecule has 0 spiro atoms. The number of ether oxygens (including phenoxy) is 1. The number of carbonyl (C=O) groups excluding carboxylic acids is 1. The minimum atomic E-state index is -1.38. The summed E-state index contributed by atoms with van der Waals surface area (Å²) in [4.78, 5) is 23.3.